The van der Waals surface area contributed by atoms with Gasteiger partial charge in [-0.05, 0) is 18.2 Å². The Morgan fingerprint density at radius 3 is 2.45 bits per heavy atom. The molecule has 152 valence electrons. The van der Waals surface area contributed by atoms with Crippen molar-refractivity contribution in [2.75, 3.05) is 24.7 Å². The van der Waals surface area contributed by atoms with Crippen molar-refractivity contribution in [3.05, 3.63) is 54.2 Å². The van der Waals surface area contributed by atoms with Gasteiger partial charge in [-0.2, -0.15) is 18.4 Å². The van der Waals surface area contributed by atoms with Crippen LogP contribution in [0.3, 0.4) is 0 Å². The largest absolute Gasteiger partial charge is 0.468 e. The number of ether oxygens (including phenoxy) is 2. The Bertz CT molecular complexity index is 865. The first kappa shape index (κ1) is 21.7. The SMILES string of the molecule is N#CCCN(C(=O)COC(=O)c1ccc(OCC(F)(F)F)nc1)c1ccccc1. The number of rotatable bonds is 8. The summed E-state index contributed by atoms with van der Waals surface area (Å²) in [5.41, 5.74) is 0.497. The summed E-state index contributed by atoms with van der Waals surface area (Å²) in [6.07, 6.45) is -3.42. The highest BCUT2D eigenvalue weighted by Crippen LogP contribution is 2.17. The van der Waals surface area contributed by atoms with Crippen LogP contribution in [0.1, 0.15) is 16.8 Å². The van der Waals surface area contributed by atoms with Crippen LogP contribution in [0.15, 0.2) is 48.7 Å². The molecule has 0 aliphatic carbocycles. The van der Waals surface area contributed by atoms with Crippen LogP contribution in [-0.4, -0.2) is 42.8 Å². The molecule has 0 aliphatic heterocycles. The van der Waals surface area contributed by atoms with Crippen LogP contribution in [0, 0.1) is 11.3 Å². The average Bonchev–Trinajstić information content (AvgIpc) is 2.71. The third-order valence-corrected chi connectivity index (χ3v) is 3.50. The van der Waals surface area contributed by atoms with E-state index < -0.39 is 31.3 Å². The number of alkyl halides is 3. The average molecular weight is 407 g/mol. The molecule has 2 aromatic rings. The van der Waals surface area contributed by atoms with E-state index in [4.69, 9.17) is 10.00 Å². The van der Waals surface area contributed by atoms with Gasteiger partial charge in [-0.3, -0.25) is 4.79 Å². The van der Waals surface area contributed by atoms with Crippen LogP contribution >= 0.6 is 0 Å². The molecule has 0 bridgehead atoms. The fraction of sp³-hybridized carbons (Fsp3) is 0.263. The predicted molar refractivity (Wildman–Crippen MR) is 95.1 cm³/mol. The monoisotopic (exact) mass is 407 g/mol. The molecule has 1 amide bonds. The van der Waals surface area contributed by atoms with Gasteiger partial charge < -0.3 is 14.4 Å². The molecule has 0 spiro atoms. The molecule has 0 saturated carbocycles. The van der Waals surface area contributed by atoms with Gasteiger partial charge in [-0.25, -0.2) is 9.78 Å². The van der Waals surface area contributed by atoms with Crippen molar-refractivity contribution in [2.45, 2.75) is 12.6 Å². The molecule has 0 fully saturated rings. The Morgan fingerprint density at radius 1 is 1.14 bits per heavy atom. The zero-order chi connectivity index (χ0) is 21.3. The number of nitrogens with zero attached hydrogens (tertiary/aromatic N) is 3. The quantitative estimate of drug-likeness (QED) is 0.625. The molecule has 0 saturated heterocycles. The Labute approximate surface area is 164 Å². The fourth-order valence-electron chi connectivity index (χ4n) is 2.20. The first-order chi connectivity index (χ1) is 13.8. The lowest BCUT2D eigenvalue weighted by Crippen LogP contribution is -2.35. The van der Waals surface area contributed by atoms with Gasteiger partial charge in [-0.15, -0.1) is 0 Å². The van der Waals surface area contributed by atoms with Crippen LogP contribution in [0.2, 0.25) is 0 Å². The molecular weight excluding hydrogens is 391 g/mol. The minimum absolute atomic E-state index is 0.0551. The number of para-hydroxylation sites is 1. The number of nitriles is 1. The second-order valence-electron chi connectivity index (χ2n) is 5.65. The highest BCUT2D eigenvalue weighted by atomic mass is 19.4. The number of halogens is 3. The van der Waals surface area contributed by atoms with Crippen molar-refractivity contribution in [1.29, 1.82) is 5.26 Å². The third kappa shape index (κ3) is 7.14. The van der Waals surface area contributed by atoms with Crippen LogP contribution in [0.4, 0.5) is 18.9 Å². The molecule has 0 N–H and O–H groups in total. The molecule has 10 heteroatoms. The van der Waals surface area contributed by atoms with Crippen molar-refractivity contribution in [2.24, 2.45) is 0 Å². The molecule has 0 atom stereocenters. The minimum atomic E-state index is -4.50. The van der Waals surface area contributed by atoms with Crippen LogP contribution in [0.25, 0.3) is 0 Å². The Hall–Kier alpha value is -3.61. The lowest BCUT2D eigenvalue weighted by atomic mass is 10.2. The van der Waals surface area contributed by atoms with Gasteiger partial charge in [-0.1, -0.05) is 18.2 Å². The summed E-state index contributed by atoms with van der Waals surface area (Å²) in [6.45, 7) is -1.95. The van der Waals surface area contributed by atoms with Crippen molar-refractivity contribution >= 4 is 17.6 Å². The molecular formula is C19H16F3N3O4. The number of pyridine rings is 1. The molecule has 1 heterocycles. The Balaban J connectivity index is 1.94. The molecule has 0 aliphatic rings. The summed E-state index contributed by atoms with van der Waals surface area (Å²) in [5, 5.41) is 8.76. The summed E-state index contributed by atoms with van der Waals surface area (Å²) in [5.74, 6) is -1.71. The van der Waals surface area contributed by atoms with E-state index in [1.807, 2.05) is 6.07 Å². The van der Waals surface area contributed by atoms with Crippen molar-refractivity contribution in [1.82, 2.24) is 4.98 Å². The second-order valence-corrected chi connectivity index (χ2v) is 5.65. The molecule has 0 unspecified atom stereocenters. The lowest BCUT2D eigenvalue weighted by Gasteiger charge is -2.21. The van der Waals surface area contributed by atoms with Crippen molar-refractivity contribution < 1.29 is 32.2 Å². The lowest BCUT2D eigenvalue weighted by molar-refractivity contribution is -0.154. The van der Waals surface area contributed by atoms with Gasteiger partial charge in [0, 0.05) is 24.5 Å². The van der Waals surface area contributed by atoms with Crippen molar-refractivity contribution in [3.63, 3.8) is 0 Å². The molecule has 2 rings (SSSR count). The summed E-state index contributed by atoms with van der Waals surface area (Å²) >= 11 is 0. The number of anilines is 1. The van der Waals surface area contributed by atoms with E-state index in [0.29, 0.717) is 5.69 Å². The number of carbonyl (C=O) groups is 2. The minimum Gasteiger partial charge on any atom is -0.468 e. The summed E-state index contributed by atoms with van der Waals surface area (Å²) in [6, 6.07) is 12.8. The normalized spacial score (nSPS) is 10.7. The number of aromatic nitrogens is 1. The Morgan fingerprint density at radius 2 is 1.86 bits per heavy atom. The number of amides is 1. The molecule has 1 aromatic heterocycles. The van der Waals surface area contributed by atoms with Gasteiger partial charge in [0.25, 0.3) is 5.91 Å². The predicted octanol–water partition coefficient (Wildman–Crippen LogP) is 3.13. The first-order valence-electron chi connectivity index (χ1n) is 8.35. The van der Waals surface area contributed by atoms with Gasteiger partial charge in [0.15, 0.2) is 13.2 Å². The first-order valence-corrected chi connectivity index (χ1v) is 8.35. The standard InChI is InChI=1S/C19H16F3N3O4/c20-19(21,22)13-29-16-8-7-14(11-24-16)18(27)28-12-17(26)25(10-4-9-23)15-5-2-1-3-6-15/h1-3,5-8,11H,4,10,12-13H2. The molecule has 0 radical (unpaired) electrons. The molecule has 1 aromatic carbocycles. The fourth-order valence-corrected chi connectivity index (χ4v) is 2.20. The van der Waals surface area contributed by atoms with Gasteiger partial charge in [0.2, 0.25) is 5.88 Å². The Kier molecular flexibility index (Phi) is 7.54. The zero-order valence-electron chi connectivity index (χ0n) is 15.1. The second kappa shape index (κ2) is 10.1. The smallest absolute Gasteiger partial charge is 0.422 e. The summed E-state index contributed by atoms with van der Waals surface area (Å²) in [7, 11) is 0. The highest BCUT2D eigenvalue weighted by molar-refractivity contribution is 5.97. The summed E-state index contributed by atoms with van der Waals surface area (Å²) in [4.78, 5) is 29.4. The van der Waals surface area contributed by atoms with Crippen LogP contribution < -0.4 is 9.64 Å². The molecule has 7 nitrogen and oxygen atoms in total. The highest BCUT2D eigenvalue weighted by Gasteiger charge is 2.28. The number of hydrogen-bond acceptors (Lipinski definition) is 6. The maximum absolute atomic E-state index is 12.4. The number of hydrogen-bond donors (Lipinski definition) is 0. The maximum Gasteiger partial charge on any atom is 0.422 e. The van der Waals surface area contributed by atoms with E-state index in [1.165, 1.54) is 11.0 Å². The maximum atomic E-state index is 12.4. The zero-order valence-corrected chi connectivity index (χ0v) is 15.1. The summed E-state index contributed by atoms with van der Waals surface area (Å²) < 4.78 is 45.7. The van der Waals surface area contributed by atoms with E-state index >= 15 is 0 Å². The van der Waals surface area contributed by atoms with Gasteiger partial charge >= 0.3 is 12.1 Å². The van der Waals surface area contributed by atoms with Gasteiger partial charge in [0.1, 0.15) is 0 Å². The van der Waals surface area contributed by atoms with Crippen molar-refractivity contribution in [3.8, 4) is 11.9 Å². The van der Waals surface area contributed by atoms with Crippen LogP contribution in [-0.2, 0) is 9.53 Å². The van der Waals surface area contributed by atoms with E-state index in [1.54, 1.807) is 30.3 Å². The number of benzene rings is 1. The topological polar surface area (TPSA) is 92.5 Å². The molecule has 29 heavy (non-hydrogen) atoms. The van der Waals surface area contributed by atoms with E-state index in [-0.39, 0.29) is 24.4 Å². The van der Waals surface area contributed by atoms with E-state index in [9.17, 15) is 22.8 Å². The van der Waals surface area contributed by atoms with E-state index in [2.05, 4.69) is 9.72 Å². The van der Waals surface area contributed by atoms with E-state index in [0.717, 1.165) is 12.3 Å². The third-order valence-electron chi connectivity index (χ3n) is 3.50. The van der Waals surface area contributed by atoms with Gasteiger partial charge in [0.05, 0.1) is 18.1 Å². The number of esters is 1. The van der Waals surface area contributed by atoms with Crippen LogP contribution in [0.5, 0.6) is 5.88 Å². The number of carbonyl (C=O) groups excluding carboxylic acids is 2.